The molecule has 0 bridgehead atoms. The molecular weight excluding hydrogens is 392 g/mol. The van der Waals surface area contributed by atoms with E-state index in [1.807, 2.05) is 36.4 Å². The fourth-order valence-corrected chi connectivity index (χ4v) is 4.65. The minimum Gasteiger partial charge on any atom is -0.477 e. The Morgan fingerprint density at radius 1 is 1.21 bits per heavy atom. The van der Waals surface area contributed by atoms with Crippen LogP contribution in [0, 0.1) is 0 Å². The molecule has 8 heteroatoms. The predicted octanol–water partition coefficient (Wildman–Crippen LogP) is 2.27. The van der Waals surface area contributed by atoms with Gasteiger partial charge in [-0.3, -0.25) is 14.5 Å². The number of fused-ring (bicyclic) bond motifs is 1. The number of carbonyl (C=O) groups excluding carboxylic acids is 2. The zero-order valence-electron chi connectivity index (χ0n) is 15.3. The zero-order valence-corrected chi connectivity index (χ0v) is 16.1. The second kappa shape index (κ2) is 8.00. The summed E-state index contributed by atoms with van der Waals surface area (Å²) in [5, 5.41) is 12.0. The van der Waals surface area contributed by atoms with Crippen molar-refractivity contribution < 1.29 is 23.9 Å². The molecule has 0 spiro atoms. The first-order valence-electron chi connectivity index (χ1n) is 9.00. The summed E-state index contributed by atoms with van der Waals surface area (Å²) in [6.45, 7) is 0. The van der Waals surface area contributed by atoms with Crippen molar-refractivity contribution in [3.8, 4) is 0 Å². The van der Waals surface area contributed by atoms with Gasteiger partial charge >= 0.3 is 5.97 Å². The number of carboxylic acids is 1. The summed E-state index contributed by atoms with van der Waals surface area (Å²) < 4.78 is 5.14. The number of β-lactam (4-membered cyclic amide) rings is 1. The molecule has 1 unspecified atom stereocenters. The average Bonchev–Trinajstić information content (AvgIpc) is 3.23. The van der Waals surface area contributed by atoms with Gasteiger partial charge in [0.25, 0.3) is 5.91 Å². The molecule has 2 aliphatic rings. The number of benzene rings is 1. The van der Waals surface area contributed by atoms with E-state index in [1.165, 1.54) is 22.9 Å². The van der Waals surface area contributed by atoms with Crippen LogP contribution >= 0.6 is 11.8 Å². The van der Waals surface area contributed by atoms with Crippen LogP contribution in [0.2, 0.25) is 0 Å². The van der Waals surface area contributed by atoms with Crippen molar-refractivity contribution in [1.29, 1.82) is 0 Å². The van der Waals surface area contributed by atoms with Crippen molar-refractivity contribution in [2.45, 2.75) is 17.8 Å². The van der Waals surface area contributed by atoms with E-state index < -0.39 is 23.3 Å². The van der Waals surface area contributed by atoms with E-state index in [-0.39, 0.29) is 18.0 Å². The Morgan fingerprint density at radius 2 is 2.00 bits per heavy atom. The number of hydrogen-bond donors (Lipinski definition) is 2. The molecule has 1 fully saturated rings. The Labute approximate surface area is 171 Å². The lowest BCUT2D eigenvalue weighted by molar-refractivity contribution is -0.150. The number of carboxylic acid groups (broad SMARTS) is 1. The molecule has 0 aliphatic carbocycles. The maximum atomic E-state index is 12.6. The Kier molecular flexibility index (Phi) is 5.26. The first-order chi connectivity index (χ1) is 14.0. The number of nitrogens with one attached hydrogen (secondary N) is 1. The Balaban J connectivity index is 1.49. The number of amides is 2. The van der Waals surface area contributed by atoms with Gasteiger partial charge in [0.05, 0.1) is 12.7 Å². The highest BCUT2D eigenvalue weighted by Gasteiger charge is 2.53. The average molecular weight is 410 g/mol. The molecular formula is C21H18N2O5S. The SMILES string of the molecule is O=C(Cc1ccco1)NC1C(=O)N2C(C(=O)O)=C(C=Cc3ccccc3)CS[C@@H]12. The van der Waals surface area contributed by atoms with Gasteiger partial charge < -0.3 is 14.8 Å². The maximum Gasteiger partial charge on any atom is 0.352 e. The summed E-state index contributed by atoms with van der Waals surface area (Å²) >= 11 is 1.43. The standard InChI is InChI=1S/C21H18N2O5S/c24-16(11-15-7-4-10-28-15)22-17-19(25)23-18(21(26)27)14(12-29-20(17)23)9-8-13-5-2-1-3-6-13/h1-10,17,20H,11-12H2,(H,22,24)(H,26,27)/t17?,20-/m0/s1. The van der Waals surface area contributed by atoms with Crippen molar-refractivity contribution in [2.75, 3.05) is 5.75 Å². The number of rotatable bonds is 6. The maximum absolute atomic E-state index is 12.6. The summed E-state index contributed by atoms with van der Waals surface area (Å²) in [5.41, 5.74) is 1.48. The minimum atomic E-state index is -1.16. The van der Waals surface area contributed by atoms with Crippen LogP contribution in [0.5, 0.6) is 0 Å². The summed E-state index contributed by atoms with van der Waals surface area (Å²) in [6, 6.07) is 12.1. The zero-order chi connectivity index (χ0) is 20.4. The number of allylic oxidation sites excluding steroid dienone is 1. The Bertz CT molecular complexity index is 997. The van der Waals surface area contributed by atoms with Crippen molar-refractivity contribution >= 4 is 35.6 Å². The third kappa shape index (κ3) is 3.84. The van der Waals surface area contributed by atoms with Crippen LogP contribution in [0.1, 0.15) is 11.3 Å². The molecule has 3 heterocycles. The van der Waals surface area contributed by atoms with E-state index in [0.717, 1.165) is 5.56 Å². The van der Waals surface area contributed by atoms with Crippen molar-refractivity contribution in [3.05, 3.63) is 77.4 Å². The molecule has 0 saturated carbocycles. The molecule has 2 N–H and O–H groups in total. The summed E-state index contributed by atoms with van der Waals surface area (Å²) in [5.74, 6) is -0.977. The molecule has 2 amide bonds. The highest BCUT2D eigenvalue weighted by Crippen LogP contribution is 2.40. The summed E-state index contributed by atoms with van der Waals surface area (Å²) in [7, 11) is 0. The van der Waals surface area contributed by atoms with Crippen molar-refractivity contribution in [1.82, 2.24) is 10.2 Å². The van der Waals surface area contributed by atoms with Crippen LogP contribution in [-0.2, 0) is 20.8 Å². The van der Waals surface area contributed by atoms with Gasteiger partial charge in [-0.25, -0.2) is 4.79 Å². The normalized spacial score (nSPS) is 21.1. The summed E-state index contributed by atoms with van der Waals surface area (Å²) in [6.07, 6.45) is 5.06. The number of carbonyl (C=O) groups is 3. The quantitative estimate of drug-likeness (QED) is 0.709. The minimum absolute atomic E-state index is 0.0255. The van der Waals surface area contributed by atoms with E-state index in [1.54, 1.807) is 18.2 Å². The fraction of sp³-hybridized carbons (Fsp3) is 0.190. The number of furan rings is 1. The van der Waals surface area contributed by atoms with E-state index in [9.17, 15) is 19.5 Å². The lowest BCUT2D eigenvalue weighted by atomic mass is 10.0. The van der Waals surface area contributed by atoms with E-state index in [4.69, 9.17) is 4.42 Å². The third-order valence-electron chi connectivity index (χ3n) is 4.71. The van der Waals surface area contributed by atoms with Gasteiger partial charge in [0, 0.05) is 5.75 Å². The number of aliphatic carboxylic acids is 1. The van der Waals surface area contributed by atoms with Crippen LogP contribution in [0.3, 0.4) is 0 Å². The van der Waals surface area contributed by atoms with Gasteiger partial charge in [-0.2, -0.15) is 0 Å². The molecule has 148 valence electrons. The smallest absolute Gasteiger partial charge is 0.352 e. The van der Waals surface area contributed by atoms with Crippen LogP contribution in [-0.4, -0.2) is 45.0 Å². The van der Waals surface area contributed by atoms with Crippen LogP contribution < -0.4 is 5.32 Å². The molecule has 2 atom stereocenters. The van der Waals surface area contributed by atoms with E-state index in [0.29, 0.717) is 17.1 Å². The molecule has 2 aliphatic heterocycles. The molecule has 29 heavy (non-hydrogen) atoms. The molecule has 4 rings (SSSR count). The van der Waals surface area contributed by atoms with Crippen molar-refractivity contribution in [2.24, 2.45) is 0 Å². The number of thioether (sulfide) groups is 1. The van der Waals surface area contributed by atoms with Crippen LogP contribution in [0.15, 0.2) is 70.5 Å². The van der Waals surface area contributed by atoms with Gasteiger partial charge in [0.1, 0.15) is 22.9 Å². The lowest BCUT2D eigenvalue weighted by Crippen LogP contribution is -2.70. The predicted molar refractivity (Wildman–Crippen MR) is 108 cm³/mol. The van der Waals surface area contributed by atoms with Gasteiger partial charge in [-0.05, 0) is 23.3 Å². The van der Waals surface area contributed by atoms with E-state index in [2.05, 4.69) is 5.32 Å². The molecule has 1 saturated heterocycles. The highest BCUT2D eigenvalue weighted by molar-refractivity contribution is 8.00. The summed E-state index contributed by atoms with van der Waals surface area (Å²) in [4.78, 5) is 37.9. The monoisotopic (exact) mass is 410 g/mol. The van der Waals surface area contributed by atoms with Gasteiger partial charge in [-0.1, -0.05) is 42.5 Å². The van der Waals surface area contributed by atoms with Crippen LogP contribution in [0.4, 0.5) is 0 Å². The molecule has 7 nitrogen and oxygen atoms in total. The fourth-order valence-electron chi connectivity index (χ4n) is 3.33. The molecule has 2 aromatic rings. The Morgan fingerprint density at radius 3 is 2.69 bits per heavy atom. The van der Waals surface area contributed by atoms with Crippen molar-refractivity contribution in [3.63, 3.8) is 0 Å². The van der Waals surface area contributed by atoms with Crippen LogP contribution in [0.25, 0.3) is 6.08 Å². The largest absolute Gasteiger partial charge is 0.477 e. The topological polar surface area (TPSA) is 99.9 Å². The first-order valence-corrected chi connectivity index (χ1v) is 10.1. The van der Waals surface area contributed by atoms with Gasteiger partial charge in [-0.15, -0.1) is 11.8 Å². The Hall–Kier alpha value is -3.26. The third-order valence-corrected chi connectivity index (χ3v) is 6.01. The molecule has 1 aromatic carbocycles. The number of hydrogen-bond acceptors (Lipinski definition) is 5. The van der Waals surface area contributed by atoms with Gasteiger partial charge in [0.15, 0.2) is 0 Å². The highest BCUT2D eigenvalue weighted by atomic mass is 32.2. The lowest BCUT2D eigenvalue weighted by Gasteiger charge is -2.49. The second-order valence-corrected chi connectivity index (χ2v) is 7.74. The first kappa shape index (κ1) is 19.1. The molecule has 0 radical (unpaired) electrons. The van der Waals surface area contributed by atoms with Gasteiger partial charge in [0.2, 0.25) is 5.91 Å². The van der Waals surface area contributed by atoms with E-state index >= 15 is 0 Å². The number of nitrogens with zero attached hydrogens (tertiary/aromatic N) is 1. The second-order valence-electron chi connectivity index (χ2n) is 6.63. The molecule has 1 aromatic heterocycles.